The van der Waals surface area contributed by atoms with E-state index in [-0.39, 0.29) is 6.54 Å². The maximum Gasteiger partial charge on any atom is 0.331 e. The van der Waals surface area contributed by atoms with Crippen LogP contribution in [0.2, 0.25) is 0 Å². The van der Waals surface area contributed by atoms with E-state index in [0.29, 0.717) is 12.2 Å². The lowest BCUT2D eigenvalue weighted by atomic mass is 10.1. The van der Waals surface area contributed by atoms with Gasteiger partial charge >= 0.3 is 5.69 Å². The molecular weight excluding hydrogens is 366 g/mol. The van der Waals surface area contributed by atoms with Gasteiger partial charge in [-0.1, -0.05) is 66.7 Å². The molecule has 1 N–H and O–H groups in total. The summed E-state index contributed by atoms with van der Waals surface area (Å²) in [4.78, 5) is 37.5. The maximum absolute atomic E-state index is 12.7. The van der Waals surface area contributed by atoms with Gasteiger partial charge in [0.2, 0.25) is 5.91 Å². The van der Waals surface area contributed by atoms with E-state index in [1.54, 1.807) is 6.07 Å². The maximum atomic E-state index is 12.7. The minimum atomic E-state index is -0.519. The second-order valence-electron chi connectivity index (χ2n) is 6.71. The molecule has 0 radical (unpaired) electrons. The third kappa shape index (κ3) is 4.01. The SMILES string of the molecule is O=C(Cn1c(=O)ccn(Cc2ccccc2)c1=O)Nc1cccc2ccccc12. The van der Waals surface area contributed by atoms with Crippen molar-refractivity contribution in [2.75, 3.05) is 5.32 Å². The van der Waals surface area contributed by atoms with Crippen molar-refractivity contribution >= 4 is 22.4 Å². The van der Waals surface area contributed by atoms with Crippen LogP contribution in [0.4, 0.5) is 5.69 Å². The molecule has 4 aromatic rings. The molecule has 4 rings (SSSR count). The summed E-state index contributed by atoms with van der Waals surface area (Å²) < 4.78 is 2.37. The molecular formula is C23H19N3O3. The number of carbonyl (C=O) groups excluding carboxylic acids is 1. The Kier molecular flexibility index (Phi) is 5.07. The second kappa shape index (κ2) is 7.98. The van der Waals surface area contributed by atoms with E-state index < -0.39 is 17.2 Å². The van der Waals surface area contributed by atoms with Crippen LogP contribution in [0.3, 0.4) is 0 Å². The van der Waals surface area contributed by atoms with Crippen molar-refractivity contribution in [3.63, 3.8) is 0 Å². The normalized spacial score (nSPS) is 10.8. The highest BCUT2D eigenvalue weighted by Gasteiger charge is 2.12. The van der Waals surface area contributed by atoms with Crippen molar-refractivity contribution in [3.05, 3.63) is 111 Å². The molecule has 0 aliphatic carbocycles. The molecule has 0 saturated heterocycles. The number of benzene rings is 3. The average Bonchev–Trinajstić information content (AvgIpc) is 2.74. The van der Waals surface area contributed by atoms with Crippen LogP contribution in [0, 0.1) is 0 Å². The van der Waals surface area contributed by atoms with Crippen molar-refractivity contribution < 1.29 is 4.79 Å². The fourth-order valence-corrected chi connectivity index (χ4v) is 3.27. The van der Waals surface area contributed by atoms with Gasteiger partial charge in [0, 0.05) is 23.3 Å². The summed E-state index contributed by atoms with van der Waals surface area (Å²) in [5, 5.41) is 4.70. The molecule has 1 heterocycles. The standard InChI is InChI=1S/C23H19N3O3/c27-21(24-20-12-6-10-18-9-4-5-11-19(18)20)16-26-22(28)13-14-25(23(26)29)15-17-7-2-1-3-8-17/h1-14H,15-16H2,(H,24,27). The molecule has 0 atom stereocenters. The van der Waals surface area contributed by atoms with E-state index in [9.17, 15) is 14.4 Å². The first-order chi connectivity index (χ1) is 14.1. The fraction of sp³-hybridized carbons (Fsp3) is 0.0870. The number of anilines is 1. The molecule has 1 aromatic heterocycles. The smallest absolute Gasteiger partial charge is 0.324 e. The van der Waals surface area contributed by atoms with Gasteiger partial charge in [-0.3, -0.25) is 18.7 Å². The van der Waals surface area contributed by atoms with E-state index in [1.807, 2.05) is 66.7 Å². The zero-order valence-electron chi connectivity index (χ0n) is 15.6. The zero-order valence-corrected chi connectivity index (χ0v) is 15.6. The molecule has 3 aromatic carbocycles. The number of hydrogen-bond donors (Lipinski definition) is 1. The number of nitrogens with one attached hydrogen (secondary N) is 1. The molecule has 6 heteroatoms. The number of fused-ring (bicyclic) bond motifs is 1. The van der Waals surface area contributed by atoms with Crippen molar-refractivity contribution in [3.8, 4) is 0 Å². The molecule has 29 heavy (non-hydrogen) atoms. The Bertz CT molecular complexity index is 1280. The van der Waals surface area contributed by atoms with E-state index in [1.165, 1.54) is 16.8 Å². The van der Waals surface area contributed by atoms with Crippen LogP contribution in [0.5, 0.6) is 0 Å². The van der Waals surface area contributed by atoms with Crippen molar-refractivity contribution in [2.45, 2.75) is 13.1 Å². The molecule has 0 aliphatic rings. The van der Waals surface area contributed by atoms with Gasteiger partial charge in [0.25, 0.3) is 5.56 Å². The average molecular weight is 385 g/mol. The van der Waals surface area contributed by atoms with Crippen molar-refractivity contribution in [1.82, 2.24) is 9.13 Å². The Morgan fingerprint density at radius 1 is 0.828 bits per heavy atom. The van der Waals surface area contributed by atoms with E-state index in [2.05, 4.69) is 5.32 Å². The lowest BCUT2D eigenvalue weighted by Gasteiger charge is -2.11. The molecule has 0 spiro atoms. The first kappa shape index (κ1) is 18.4. The van der Waals surface area contributed by atoms with Crippen LogP contribution in [0.1, 0.15) is 5.56 Å². The summed E-state index contributed by atoms with van der Waals surface area (Å²) in [5.41, 5.74) is 0.545. The molecule has 0 aliphatic heterocycles. The van der Waals surface area contributed by atoms with Crippen LogP contribution in [-0.2, 0) is 17.9 Å². The van der Waals surface area contributed by atoms with Crippen molar-refractivity contribution in [2.24, 2.45) is 0 Å². The number of nitrogens with zero attached hydrogens (tertiary/aromatic N) is 2. The second-order valence-corrected chi connectivity index (χ2v) is 6.71. The predicted molar refractivity (Wildman–Crippen MR) is 113 cm³/mol. The largest absolute Gasteiger partial charge is 0.331 e. The molecule has 0 unspecified atom stereocenters. The van der Waals surface area contributed by atoms with Crippen LogP contribution < -0.4 is 16.6 Å². The number of rotatable bonds is 5. The molecule has 1 amide bonds. The number of carbonyl (C=O) groups is 1. The van der Waals surface area contributed by atoms with Gasteiger partial charge in [-0.25, -0.2) is 4.79 Å². The summed E-state index contributed by atoms with van der Waals surface area (Å²) in [5.74, 6) is -0.432. The topological polar surface area (TPSA) is 73.1 Å². The molecule has 0 fully saturated rings. The highest BCUT2D eigenvalue weighted by atomic mass is 16.2. The summed E-state index contributed by atoms with van der Waals surface area (Å²) in [6.07, 6.45) is 1.46. The first-order valence-corrected chi connectivity index (χ1v) is 9.24. The van der Waals surface area contributed by atoms with E-state index in [0.717, 1.165) is 20.9 Å². The Hall–Kier alpha value is -3.93. The van der Waals surface area contributed by atoms with Crippen LogP contribution in [-0.4, -0.2) is 15.0 Å². The van der Waals surface area contributed by atoms with Gasteiger partial charge in [0.15, 0.2) is 0 Å². The Morgan fingerprint density at radius 2 is 1.55 bits per heavy atom. The fourth-order valence-electron chi connectivity index (χ4n) is 3.27. The quantitative estimate of drug-likeness (QED) is 0.574. The number of amides is 1. The Balaban J connectivity index is 1.59. The Morgan fingerprint density at radius 3 is 2.38 bits per heavy atom. The first-order valence-electron chi connectivity index (χ1n) is 9.24. The monoisotopic (exact) mass is 385 g/mol. The predicted octanol–water partition coefficient (Wildman–Crippen LogP) is 2.85. The summed E-state index contributed by atoms with van der Waals surface area (Å²) in [6.45, 7) is -0.0264. The molecule has 144 valence electrons. The van der Waals surface area contributed by atoms with Crippen LogP contribution in [0.15, 0.2) is 94.6 Å². The van der Waals surface area contributed by atoms with E-state index >= 15 is 0 Å². The number of aromatic nitrogens is 2. The summed E-state index contributed by atoms with van der Waals surface area (Å²) >= 11 is 0. The Labute approximate surface area is 166 Å². The highest BCUT2D eigenvalue weighted by Crippen LogP contribution is 2.22. The van der Waals surface area contributed by atoms with Gasteiger partial charge in [-0.05, 0) is 17.0 Å². The molecule has 0 bridgehead atoms. The third-order valence-corrected chi connectivity index (χ3v) is 4.70. The van der Waals surface area contributed by atoms with Crippen LogP contribution in [0.25, 0.3) is 10.8 Å². The molecule has 6 nitrogen and oxygen atoms in total. The minimum Gasteiger partial charge on any atom is -0.324 e. The lowest BCUT2D eigenvalue weighted by Crippen LogP contribution is -2.41. The highest BCUT2D eigenvalue weighted by molar-refractivity contribution is 6.01. The van der Waals surface area contributed by atoms with E-state index in [4.69, 9.17) is 0 Å². The summed E-state index contributed by atoms with van der Waals surface area (Å²) in [7, 11) is 0. The lowest BCUT2D eigenvalue weighted by molar-refractivity contribution is -0.116. The number of hydrogen-bond acceptors (Lipinski definition) is 3. The van der Waals surface area contributed by atoms with Crippen molar-refractivity contribution in [1.29, 1.82) is 0 Å². The minimum absolute atomic E-state index is 0.324. The van der Waals surface area contributed by atoms with Gasteiger partial charge in [0.1, 0.15) is 6.54 Å². The van der Waals surface area contributed by atoms with Crippen LogP contribution >= 0.6 is 0 Å². The zero-order chi connectivity index (χ0) is 20.2. The summed E-state index contributed by atoms with van der Waals surface area (Å²) in [6, 6.07) is 24.0. The third-order valence-electron chi connectivity index (χ3n) is 4.70. The van der Waals surface area contributed by atoms with Gasteiger partial charge in [-0.2, -0.15) is 0 Å². The van der Waals surface area contributed by atoms with Gasteiger partial charge < -0.3 is 5.32 Å². The van der Waals surface area contributed by atoms with Gasteiger partial charge in [0.05, 0.1) is 6.54 Å². The van der Waals surface area contributed by atoms with Gasteiger partial charge in [-0.15, -0.1) is 0 Å². The molecule has 0 saturated carbocycles.